The van der Waals surface area contributed by atoms with Gasteiger partial charge in [0.1, 0.15) is 5.82 Å². The first kappa shape index (κ1) is 19.2. The van der Waals surface area contributed by atoms with Crippen LogP contribution >= 0.6 is 0 Å². The Morgan fingerprint density at radius 3 is 2.89 bits per heavy atom. The number of carbonyl (C=O) groups is 2. The second kappa shape index (κ2) is 8.41. The van der Waals surface area contributed by atoms with Gasteiger partial charge in [0.2, 0.25) is 6.29 Å². The number of ether oxygens (including phenoxy) is 3. The quantitative estimate of drug-likeness (QED) is 0.798. The fraction of sp³-hybridized carbons (Fsp3) is 0.500. The van der Waals surface area contributed by atoms with Crippen LogP contribution in [-0.2, 0) is 25.4 Å². The van der Waals surface area contributed by atoms with E-state index in [4.69, 9.17) is 14.2 Å². The maximum absolute atomic E-state index is 13.2. The Bertz CT molecular complexity index is 735. The highest BCUT2D eigenvalue weighted by atomic mass is 19.1. The van der Waals surface area contributed by atoms with Crippen molar-refractivity contribution < 1.29 is 28.2 Å². The van der Waals surface area contributed by atoms with E-state index in [0.717, 1.165) is 18.4 Å². The van der Waals surface area contributed by atoms with E-state index >= 15 is 0 Å². The minimum absolute atomic E-state index is 0.0358. The number of fused-ring (bicyclic) bond motifs is 1. The predicted octanol–water partition coefficient (Wildman–Crippen LogP) is 3.17. The lowest BCUT2D eigenvalue weighted by molar-refractivity contribution is -0.145. The third kappa shape index (κ3) is 4.40. The standard InChI is InChI=1S/C20H24FNO5/c1-12-6-7-15-16(18(23)25-2)11-26-19(17(12)15)27-20(24)22-9-8-13-4-3-5-14(21)10-13/h3-5,10-12,15,17,19H,6-9H2,1-2H3,(H,22,24). The van der Waals surface area contributed by atoms with Crippen LogP contribution in [0.3, 0.4) is 0 Å². The summed E-state index contributed by atoms with van der Waals surface area (Å²) in [5, 5.41) is 2.66. The molecule has 0 radical (unpaired) electrons. The zero-order chi connectivity index (χ0) is 19.4. The Hall–Kier alpha value is -2.57. The molecule has 7 heteroatoms. The van der Waals surface area contributed by atoms with Crippen LogP contribution in [0.25, 0.3) is 0 Å². The van der Waals surface area contributed by atoms with Gasteiger partial charge in [-0.05, 0) is 42.9 Å². The minimum atomic E-state index is -0.741. The topological polar surface area (TPSA) is 73.9 Å². The molecule has 1 heterocycles. The van der Waals surface area contributed by atoms with Crippen LogP contribution in [0.1, 0.15) is 25.3 Å². The van der Waals surface area contributed by atoms with Gasteiger partial charge in [0.05, 0.1) is 18.9 Å². The number of hydrogen-bond donors (Lipinski definition) is 1. The molecule has 1 aromatic carbocycles. The molecular weight excluding hydrogens is 353 g/mol. The first-order valence-corrected chi connectivity index (χ1v) is 9.12. The molecule has 1 aliphatic carbocycles. The van der Waals surface area contributed by atoms with E-state index in [1.807, 2.05) is 0 Å². The third-order valence-corrected chi connectivity index (χ3v) is 5.31. The summed E-state index contributed by atoms with van der Waals surface area (Å²) >= 11 is 0. The molecule has 4 unspecified atom stereocenters. The molecule has 1 aliphatic heterocycles. The molecule has 4 atom stereocenters. The van der Waals surface area contributed by atoms with Gasteiger partial charge in [0, 0.05) is 18.4 Å². The molecule has 0 spiro atoms. The first-order valence-electron chi connectivity index (χ1n) is 9.12. The number of rotatable bonds is 5. The van der Waals surface area contributed by atoms with Crippen LogP contribution in [0, 0.1) is 23.6 Å². The van der Waals surface area contributed by atoms with Gasteiger partial charge in [0.15, 0.2) is 0 Å². The van der Waals surface area contributed by atoms with Gasteiger partial charge in [0.25, 0.3) is 0 Å². The number of carbonyl (C=O) groups excluding carboxylic acids is 2. The number of esters is 1. The van der Waals surface area contributed by atoms with Crippen molar-refractivity contribution in [1.82, 2.24) is 5.32 Å². The summed E-state index contributed by atoms with van der Waals surface area (Å²) < 4.78 is 29.0. The Kier molecular flexibility index (Phi) is 5.98. The number of methoxy groups -OCH3 is 1. The van der Waals surface area contributed by atoms with Gasteiger partial charge in [-0.2, -0.15) is 0 Å². The van der Waals surface area contributed by atoms with E-state index in [9.17, 15) is 14.0 Å². The summed E-state index contributed by atoms with van der Waals surface area (Å²) in [4.78, 5) is 24.1. The van der Waals surface area contributed by atoms with Crippen molar-refractivity contribution in [3.05, 3.63) is 47.5 Å². The molecule has 1 saturated carbocycles. The number of benzene rings is 1. The van der Waals surface area contributed by atoms with Crippen molar-refractivity contribution >= 4 is 12.1 Å². The highest BCUT2D eigenvalue weighted by Crippen LogP contribution is 2.46. The van der Waals surface area contributed by atoms with E-state index in [0.29, 0.717) is 18.5 Å². The molecule has 0 bridgehead atoms. The van der Waals surface area contributed by atoms with E-state index < -0.39 is 18.4 Å². The van der Waals surface area contributed by atoms with E-state index in [1.165, 1.54) is 25.5 Å². The van der Waals surface area contributed by atoms with Gasteiger partial charge in [-0.1, -0.05) is 19.1 Å². The van der Waals surface area contributed by atoms with Crippen LogP contribution in [-0.4, -0.2) is 32.0 Å². The van der Waals surface area contributed by atoms with Crippen molar-refractivity contribution in [2.45, 2.75) is 32.5 Å². The fourth-order valence-corrected chi connectivity index (χ4v) is 3.94. The summed E-state index contributed by atoms with van der Waals surface area (Å²) in [6.07, 6.45) is 2.27. The summed E-state index contributed by atoms with van der Waals surface area (Å²) in [6.45, 7) is 2.38. The average Bonchev–Trinajstić information content (AvgIpc) is 3.04. The lowest BCUT2D eigenvalue weighted by atomic mass is 9.83. The Morgan fingerprint density at radius 2 is 2.15 bits per heavy atom. The first-order chi connectivity index (χ1) is 13.0. The maximum Gasteiger partial charge on any atom is 0.410 e. The van der Waals surface area contributed by atoms with Gasteiger partial charge < -0.3 is 19.5 Å². The second-order valence-electron chi connectivity index (χ2n) is 7.02. The number of hydrogen-bond acceptors (Lipinski definition) is 5. The maximum atomic E-state index is 13.2. The minimum Gasteiger partial charge on any atom is -0.466 e. The van der Waals surface area contributed by atoms with Crippen molar-refractivity contribution in [2.75, 3.05) is 13.7 Å². The van der Waals surface area contributed by atoms with E-state index in [1.54, 1.807) is 12.1 Å². The third-order valence-electron chi connectivity index (χ3n) is 5.31. The molecule has 146 valence electrons. The molecule has 1 fully saturated rings. The lowest BCUT2D eigenvalue weighted by Gasteiger charge is -2.34. The molecule has 1 N–H and O–H groups in total. The van der Waals surface area contributed by atoms with Crippen LogP contribution in [0.4, 0.5) is 9.18 Å². The van der Waals surface area contributed by atoms with Gasteiger partial charge in [-0.25, -0.2) is 14.0 Å². The molecule has 0 aromatic heterocycles. The number of amides is 1. The molecule has 6 nitrogen and oxygen atoms in total. The molecular formula is C20H24FNO5. The number of halogens is 1. The van der Waals surface area contributed by atoms with Crippen molar-refractivity contribution in [2.24, 2.45) is 17.8 Å². The SMILES string of the molecule is COC(=O)C1=COC(OC(=O)NCCc2cccc(F)c2)C2C(C)CCC12. The molecule has 1 aromatic rings. The summed E-state index contributed by atoms with van der Waals surface area (Å²) in [7, 11) is 1.34. The van der Waals surface area contributed by atoms with Crippen molar-refractivity contribution in [3.8, 4) is 0 Å². The van der Waals surface area contributed by atoms with Gasteiger partial charge in [-0.3, -0.25) is 0 Å². The lowest BCUT2D eigenvalue weighted by Crippen LogP contribution is -2.41. The zero-order valence-corrected chi connectivity index (χ0v) is 15.4. The van der Waals surface area contributed by atoms with Crippen LogP contribution in [0.5, 0.6) is 0 Å². The summed E-state index contributed by atoms with van der Waals surface area (Å²) in [6, 6.07) is 6.23. The van der Waals surface area contributed by atoms with Crippen LogP contribution in [0.2, 0.25) is 0 Å². The van der Waals surface area contributed by atoms with Gasteiger partial charge >= 0.3 is 12.1 Å². The molecule has 27 heavy (non-hydrogen) atoms. The molecule has 1 amide bonds. The number of nitrogens with one attached hydrogen (secondary N) is 1. The predicted molar refractivity (Wildman–Crippen MR) is 94.9 cm³/mol. The van der Waals surface area contributed by atoms with E-state index in [-0.39, 0.29) is 23.6 Å². The zero-order valence-electron chi connectivity index (χ0n) is 15.4. The summed E-state index contributed by atoms with van der Waals surface area (Å²) in [5.74, 6) is -0.574. The Labute approximate surface area is 157 Å². The normalized spacial score (nSPS) is 26.4. The second-order valence-corrected chi connectivity index (χ2v) is 7.02. The molecule has 0 saturated heterocycles. The summed E-state index contributed by atoms with van der Waals surface area (Å²) in [5.41, 5.74) is 1.29. The largest absolute Gasteiger partial charge is 0.466 e. The molecule has 2 aliphatic rings. The Morgan fingerprint density at radius 1 is 1.33 bits per heavy atom. The highest BCUT2D eigenvalue weighted by molar-refractivity contribution is 5.89. The monoisotopic (exact) mass is 377 g/mol. The van der Waals surface area contributed by atoms with Crippen molar-refractivity contribution in [1.29, 1.82) is 0 Å². The van der Waals surface area contributed by atoms with Crippen LogP contribution in [0.15, 0.2) is 36.1 Å². The van der Waals surface area contributed by atoms with Crippen LogP contribution < -0.4 is 5.32 Å². The van der Waals surface area contributed by atoms with E-state index in [2.05, 4.69) is 12.2 Å². The van der Waals surface area contributed by atoms with Crippen molar-refractivity contribution in [3.63, 3.8) is 0 Å². The smallest absolute Gasteiger partial charge is 0.410 e. The average molecular weight is 377 g/mol. The highest BCUT2D eigenvalue weighted by Gasteiger charge is 2.48. The van der Waals surface area contributed by atoms with Gasteiger partial charge in [-0.15, -0.1) is 0 Å². The fourth-order valence-electron chi connectivity index (χ4n) is 3.94. The molecule has 3 rings (SSSR count). The number of alkyl carbamates (subject to hydrolysis) is 1. The Balaban J connectivity index is 1.55.